The Bertz CT molecular complexity index is 963. The average molecular weight is 502 g/mol. The second-order valence-electron chi connectivity index (χ2n) is 8.89. The molecule has 0 unspecified atom stereocenters. The van der Waals surface area contributed by atoms with E-state index >= 15 is 0 Å². The number of nitrogens with one attached hydrogen (secondary N) is 1. The predicted molar refractivity (Wildman–Crippen MR) is 107 cm³/mol. The molecule has 0 aromatic rings. The highest BCUT2D eigenvalue weighted by atomic mass is 32.3. The fourth-order valence-electron chi connectivity index (χ4n) is 3.03. The molecule has 1 aliphatic rings. The van der Waals surface area contributed by atoms with Gasteiger partial charge in [0.15, 0.2) is 0 Å². The number of likely N-dealkylation sites (N-methyl/N-ethyl adjacent to an activating group) is 1. The first kappa shape index (κ1) is 27.6. The summed E-state index contributed by atoms with van der Waals surface area (Å²) in [6, 6.07) is 0. The monoisotopic (exact) mass is 501 g/mol. The van der Waals surface area contributed by atoms with E-state index < -0.39 is 50.5 Å². The minimum absolute atomic E-state index is 0.173. The fraction of sp³-hybridized carbons (Fsp3) is 1.00. The van der Waals surface area contributed by atoms with E-state index in [0.717, 1.165) is 18.0 Å². The summed E-state index contributed by atoms with van der Waals surface area (Å²) in [7, 11) is -13.7. The highest BCUT2D eigenvalue weighted by Gasteiger charge is 2.62. The molecule has 1 rings (SSSR count). The van der Waals surface area contributed by atoms with Crippen LogP contribution in [-0.2, 0) is 30.1 Å². The number of alkyl halides is 3. The van der Waals surface area contributed by atoms with Gasteiger partial charge in [-0.05, 0) is 34.7 Å². The Labute approximate surface area is 177 Å². The van der Waals surface area contributed by atoms with Gasteiger partial charge in [-0.25, -0.2) is 25.3 Å². The molecule has 15 heteroatoms. The minimum atomic E-state index is -6.21. The number of piperazine rings is 1. The molecule has 0 aromatic heterocycles. The van der Waals surface area contributed by atoms with Crippen molar-refractivity contribution in [2.24, 2.45) is 5.41 Å². The van der Waals surface area contributed by atoms with E-state index in [1.807, 2.05) is 11.9 Å². The van der Waals surface area contributed by atoms with Gasteiger partial charge in [-0.3, -0.25) is 0 Å². The average Bonchev–Trinajstić information content (AvgIpc) is 2.52. The molecule has 0 atom stereocenters. The topological polar surface area (TPSA) is 121 Å². The third-order valence-corrected chi connectivity index (χ3v) is 13.7. The van der Waals surface area contributed by atoms with Crippen molar-refractivity contribution in [2.75, 3.05) is 33.2 Å². The summed E-state index contributed by atoms with van der Waals surface area (Å²) in [6.45, 7) is 8.40. The molecule has 0 aromatic carbocycles. The molecule has 180 valence electrons. The van der Waals surface area contributed by atoms with E-state index in [-0.39, 0.29) is 13.1 Å². The Balaban J connectivity index is 3.45. The maximum atomic E-state index is 13.4. The van der Waals surface area contributed by atoms with Gasteiger partial charge in [0.2, 0.25) is 20.0 Å². The molecule has 1 saturated heterocycles. The van der Waals surface area contributed by atoms with Crippen LogP contribution in [0.4, 0.5) is 13.2 Å². The normalized spacial score (nSPS) is 19.8. The van der Waals surface area contributed by atoms with Gasteiger partial charge in [-0.1, -0.05) is 13.8 Å². The van der Waals surface area contributed by atoms with Gasteiger partial charge in [-0.2, -0.15) is 17.5 Å². The second kappa shape index (κ2) is 7.83. The molecule has 0 spiro atoms. The summed E-state index contributed by atoms with van der Waals surface area (Å²) < 4.78 is 111. The van der Waals surface area contributed by atoms with Crippen molar-refractivity contribution in [1.82, 2.24) is 13.3 Å². The third-order valence-electron chi connectivity index (χ3n) is 6.65. The van der Waals surface area contributed by atoms with Crippen LogP contribution in [0.5, 0.6) is 0 Å². The molecule has 1 heterocycles. The van der Waals surface area contributed by atoms with Crippen LogP contribution in [0.2, 0.25) is 0 Å². The van der Waals surface area contributed by atoms with Crippen LogP contribution < -0.4 is 4.13 Å². The van der Waals surface area contributed by atoms with Gasteiger partial charge in [0.05, 0.1) is 9.49 Å². The largest absolute Gasteiger partial charge is 0.512 e. The Kier molecular flexibility index (Phi) is 7.19. The third kappa shape index (κ3) is 4.37. The fourth-order valence-corrected chi connectivity index (χ4v) is 8.58. The Hall–Kier alpha value is -0.480. The molecule has 0 aliphatic carbocycles. The van der Waals surface area contributed by atoms with Crippen LogP contribution in [0.3, 0.4) is 0 Å². The lowest BCUT2D eigenvalue weighted by atomic mass is 9.71. The second-order valence-corrected chi connectivity index (χ2v) is 15.5. The van der Waals surface area contributed by atoms with Gasteiger partial charge in [0.25, 0.3) is 0 Å². The molecule has 0 saturated carbocycles. The molecule has 30 heavy (non-hydrogen) atoms. The maximum Gasteiger partial charge on any atom is 0.512 e. The number of hydrogen-bond donors (Lipinski definition) is 1. The van der Waals surface area contributed by atoms with E-state index in [1.54, 1.807) is 0 Å². The molecule has 0 bridgehead atoms. The zero-order chi connectivity index (χ0) is 24.2. The zero-order valence-corrected chi connectivity index (χ0v) is 20.5. The van der Waals surface area contributed by atoms with Crippen LogP contribution in [0.1, 0.15) is 41.5 Å². The molecule has 1 aliphatic heterocycles. The Morgan fingerprint density at radius 1 is 0.700 bits per heavy atom. The van der Waals surface area contributed by atoms with Crippen LogP contribution in [0.25, 0.3) is 0 Å². The van der Waals surface area contributed by atoms with Crippen LogP contribution in [-0.4, -0.2) is 82.7 Å². The summed E-state index contributed by atoms with van der Waals surface area (Å²) >= 11 is 0. The number of rotatable bonds is 7. The molecule has 1 fully saturated rings. The van der Waals surface area contributed by atoms with Gasteiger partial charge in [0.1, 0.15) is 0 Å². The molecule has 1 N–H and O–H groups in total. The quantitative estimate of drug-likeness (QED) is 0.551. The SMILES string of the molecule is CN1CCN(S(=O)(=O)C(C)(C)C(C)(C)C(C)(C)S(=O)(=O)NS(=O)(=O)C(F)(F)F)CC1. The summed E-state index contributed by atoms with van der Waals surface area (Å²) in [5.74, 6) is 0. The Morgan fingerprint density at radius 2 is 1.10 bits per heavy atom. The number of sulfonamides is 3. The highest BCUT2D eigenvalue weighted by Crippen LogP contribution is 2.50. The summed E-state index contributed by atoms with van der Waals surface area (Å²) in [5.41, 5.74) is -7.57. The van der Waals surface area contributed by atoms with E-state index in [4.69, 9.17) is 0 Å². The molecule has 0 amide bonds. The van der Waals surface area contributed by atoms with Crippen molar-refractivity contribution in [1.29, 1.82) is 0 Å². The maximum absolute atomic E-state index is 13.4. The van der Waals surface area contributed by atoms with Crippen molar-refractivity contribution in [3.05, 3.63) is 0 Å². The van der Waals surface area contributed by atoms with E-state index in [9.17, 15) is 38.4 Å². The standard InChI is InChI=1S/C15H30F3N3O6S3/c1-12(2,13(3,4)28(22,23)19-29(24,25)15(16,17)18)14(5,6)30(26,27)21-10-8-20(7)9-11-21/h19H,8-11H2,1-7H3. The number of nitrogens with zero attached hydrogens (tertiary/aromatic N) is 2. The van der Waals surface area contributed by atoms with Crippen molar-refractivity contribution in [3.8, 4) is 0 Å². The number of hydrogen-bond acceptors (Lipinski definition) is 7. The first-order valence-corrected chi connectivity index (χ1v) is 13.4. The van der Waals surface area contributed by atoms with Crippen LogP contribution in [0.15, 0.2) is 0 Å². The highest BCUT2D eigenvalue weighted by molar-refractivity contribution is 8.05. The lowest BCUT2D eigenvalue weighted by Gasteiger charge is -2.51. The molecule has 9 nitrogen and oxygen atoms in total. The van der Waals surface area contributed by atoms with Gasteiger partial charge in [-0.15, -0.1) is 4.13 Å². The van der Waals surface area contributed by atoms with E-state index in [2.05, 4.69) is 0 Å². The lowest BCUT2D eigenvalue weighted by Crippen LogP contribution is -2.65. The predicted octanol–water partition coefficient (Wildman–Crippen LogP) is 0.916. The molecule has 0 radical (unpaired) electrons. The summed E-state index contributed by atoms with van der Waals surface area (Å²) in [4.78, 5) is 1.92. The van der Waals surface area contributed by atoms with E-state index in [1.165, 1.54) is 32.0 Å². The first-order valence-electron chi connectivity index (χ1n) is 8.98. The lowest BCUT2D eigenvalue weighted by molar-refractivity contribution is -0.0441. The van der Waals surface area contributed by atoms with E-state index in [0.29, 0.717) is 13.1 Å². The molecular weight excluding hydrogens is 471 g/mol. The van der Waals surface area contributed by atoms with Crippen LogP contribution in [0, 0.1) is 5.41 Å². The van der Waals surface area contributed by atoms with Crippen LogP contribution >= 0.6 is 0 Å². The van der Waals surface area contributed by atoms with Crippen molar-refractivity contribution < 1.29 is 38.4 Å². The van der Waals surface area contributed by atoms with Gasteiger partial charge in [0, 0.05) is 31.6 Å². The van der Waals surface area contributed by atoms with Gasteiger partial charge >= 0.3 is 15.5 Å². The molecular formula is C15H30F3N3O6S3. The smallest absolute Gasteiger partial charge is 0.304 e. The zero-order valence-electron chi connectivity index (χ0n) is 18.0. The van der Waals surface area contributed by atoms with Gasteiger partial charge < -0.3 is 4.90 Å². The van der Waals surface area contributed by atoms with Crippen molar-refractivity contribution in [2.45, 2.75) is 56.5 Å². The van der Waals surface area contributed by atoms with Crippen molar-refractivity contribution >= 4 is 30.1 Å². The Morgan fingerprint density at radius 3 is 1.47 bits per heavy atom. The van der Waals surface area contributed by atoms with Crippen molar-refractivity contribution in [3.63, 3.8) is 0 Å². The first-order chi connectivity index (χ1) is 13.0. The summed E-state index contributed by atoms with van der Waals surface area (Å²) in [5, 5.41) is 0. The number of halogens is 3. The summed E-state index contributed by atoms with van der Waals surface area (Å²) in [6.07, 6.45) is 0. The minimum Gasteiger partial charge on any atom is -0.304 e.